The Bertz CT molecular complexity index is 800. The third-order valence-electron chi connectivity index (χ3n) is 4.57. The molecule has 0 unspecified atom stereocenters. The van der Waals surface area contributed by atoms with E-state index in [9.17, 15) is 4.79 Å². The lowest BCUT2D eigenvalue weighted by Crippen LogP contribution is -2.30. The van der Waals surface area contributed by atoms with Gasteiger partial charge in [0.25, 0.3) is 5.91 Å². The molecule has 5 nitrogen and oxygen atoms in total. The number of hydrogen-bond acceptors (Lipinski definition) is 3. The number of amides is 1. The molecule has 0 aliphatic carbocycles. The number of ether oxygens (including phenoxy) is 1. The molecule has 128 valence electrons. The van der Waals surface area contributed by atoms with Crippen molar-refractivity contribution in [2.24, 2.45) is 0 Å². The van der Waals surface area contributed by atoms with Crippen LogP contribution in [0.5, 0.6) is 5.75 Å². The molecule has 2 aromatic rings. The summed E-state index contributed by atoms with van der Waals surface area (Å²) < 4.78 is 7.23. The molecule has 0 bridgehead atoms. The van der Waals surface area contributed by atoms with Crippen LogP contribution in [-0.4, -0.2) is 29.3 Å². The van der Waals surface area contributed by atoms with Crippen molar-refractivity contribution < 1.29 is 9.53 Å². The van der Waals surface area contributed by atoms with E-state index in [0.717, 1.165) is 34.8 Å². The lowest BCUT2D eigenvalue weighted by Gasteiger charge is -2.22. The monoisotopic (exact) mass is 327 g/mol. The minimum Gasteiger partial charge on any atom is -0.497 e. The first-order valence-electron chi connectivity index (χ1n) is 8.29. The molecule has 1 amide bonds. The molecule has 1 aliphatic rings. The Kier molecular flexibility index (Phi) is 3.90. The van der Waals surface area contributed by atoms with Crippen molar-refractivity contribution in [2.45, 2.75) is 46.6 Å². The van der Waals surface area contributed by atoms with Gasteiger partial charge >= 0.3 is 0 Å². The number of fused-ring (bicyclic) bond motifs is 1. The van der Waals surface area contributed by atoms with Gasteiger partial charge < -0.3 is 9.64 Å². The Labute approximate surface area is 143 Å². The average molecular weight is 327 g/mol. The van der Waals surface area contributed by atoms with Gasteiger partial charge in [0.15, 0.2) is 0 Å². The van der Waals surface area contributed by atoms with Crippen molar-refractivity contribution in [1.82, 2.24) is 9.78 Å². The summed E-state index contributed by atoms with van der Waals surface area (Å²) in [6, 6.07) is 5.89. The van der Waals surface area contributed by atoms with Crippen LogP contribution in [0.2, 0.25) is 0 Å². The van der Waals surface area contributed by atoms with Crippen LogP contribution in [-0.2, 0) is 12.0 Å². The van der Waals surface area contributed by atoms with Crippen molar-refractivity contribution >= 4 is 11.6 Å². The second-order valence-corrected chi connectivity index (χ2v) is 7.33. The Morgan fingerprint density at radius 3 is 2.54 bits per heavy atom. The zero-order valence-corrected chi connectivity index (χ0v) is 15.3. The van der Waals surface area contributed by atoms with Gasteiger partial charge in [0.2, 0.25) is 0 Å². The summed E-state index contributed by atoms with van der Waals surface area (Å²) in [5.74, 6) is 0.861. The molecule has 1 aromatic heterocycles. The first-order chi connectivity index (χ1) is 11.2. The Balaban J connectivity index is 2.00. The summed E-state index contributed by atoms with van der Waals surface area (Å²) in [7, 11) is 1.66. The fourth-order valence-corrected chi connectivity index (χ4v) is 3.46. The van der Waals surface area contributed by atoms with E-state index in [2.05, 4.69) is 25.9 Å². The number of methoxy groups -OCH3 is 1. The Morgan fingerprint density at radius 1 is 1.25 bits per heavy atom. The number of aryl methyl sites for hydroxylation is 1. The normalized spacial score (nSPS) is 14.0. The van der Waals surface area contributed by atoms with Gasteiger partial charge in [-0.25, -0.2) is 0 Å². The molecule has 0 saturated carbocycles. The summed E-state index contributed by atoms with van der Waals surface area (Å²) in [4.78, 5) is 15.0. The van der Waals surface area contributed by atoms with E-state index in [1.54, 1.807) is 7.11 Å². The molecular weight excluding hydrogens is 302 g/mol. The van der Waals surface area contributed by atoms with Crippen LogP contribution in [0.25, 0.3) is 0 Å². The predicted molar refractivity (Wildman–Crippen MR) is 95.1 cm³/mol. The molecule has 24 heavy (non-hydrogen) atoms. The van der Waals surface area contributed by atoms with Crippen LogP contribution in [0, 0.1) is 13.8 Å². The summed E-state index contributed by atoms with van der Waals surface area (Å²) in [6.07, 6.45) is 0.851. The standard InChI is InChI=1S/C19H25N3O2/c1-12-17(13(2)22(20-12)19(3,4)5)18(23)21-10-9-14-11-15(24-6)7-8-16(14)21/h7-8,11H,9-10H2,1-6H3. The van der Waals surface area contributed by atoms with E-state index in [-0.39, 0.29) is 11.4 Å². The summed E-state index contributed by atoms with van der Waals surface area (Å²) in [6.45, 7) is 10.9. The van der Waals surface area contributed by atoms with E-state index in [1.807, 2.05) is 41.6 Å². The van der Waals surface area contributed by atoms with Gasteiger partial charge in [-0.1, -0.05) is 0 Å². The molecule has 1 aromatic carbocycles. The maximum absolute atomic E-state index is 13.2. The SMILES string of the molecule is COc1ccc2c(c1)CCN2C(=O)c1c(C)nn(C(C)(C)C)c1C. The zero-order valence-electron chi connectivity index (χ0n) is 15.3. The van der Waals surface area contributed by atoms with E-state index >= 15 is 0 Å². The average Bonchev–Trinajstić information content (AvgIpc) is 3.06. The highest BCUT2D eigenvalue weighted by atomic mass is 16.5. The minimum atomic E-state index is -0.149. The molecule has 0 radical (unpaired) electrons. The smallest absolute Gasteiger partial charge is 0.262 e. The fraction of sp³-hybridized carbons (Fsp3) is 0.474. The van der Waals surface area contributed by atoms with Crippen LogP contribution < -0.4 is 9.64 Å². The molecule has 2 heterocycles. The molecule has 0 spiro atoms. The van der Waals surface area contributed by atoms with Crippen molar-refractivity contribution in [1.29, 1.82) is 0 Å². The van der Waals surface area contributed by atoms with Gasteiger partial charge in [-0.3, -0.25) is 9.48 Å². The van der Waals surface area contributed by atoms with E-state index in [1.165, 1.54) is 0 Å². The third-order valence-corrected chi connectivity index (χ3v) is 4.57. The number of aromatic nitrogens is 2. The molecule has 0 atom stereocenters. The molecule has 0 N–H and O–H groups in total. The minimum absolute atomic E-state index is 0.0319. The predicted octanol–water partition coefficient (Wildman–Crippen LogP) is 3.47. The van der Waals surface area contributed by atoms with Gasteiger partial charge in [0.05, 0.1) is 23.9 Å². The van der Waals surface area contributed by atoms with Gasteiger partial charge in [-0.15, -0.1) is 0 Å². The second kappa shape index (κ2) is 5.65. The van der Waals surface area contributed by atoms with Crippen LogP contribution in [0.1, 0.15) is 48.1 Å². The lowest BCUT2D eigenvalue weighted by molar-refractivity contribution is 0.0988. The van der Waals surface area contributed by atoms with Crippen LogP contribution in [0.3, 0.4) is 0 Å². The first kappa shape index (κ1) is 16.6. The summed E-state index contributed by atoms with van der Waals surface area (Å²) in [5, 5.41) is 4.61. The lowest BCUT2D eigenvalue weighted by atomic mass is 10.1. The van der Waals surface area contributed by atoms with Crippen molar-refractivity contribution in [3.05, 3.63) is 40.7 Å². The van der Waals surface area contributed by atoms with E-state index in [4.69, 9.17) is 4.74 Å². The number of hydrogen-bond donors (Lipinski definition) is 0. The maximum Gasteiger partial charge on any atom is 0.262 e. The van der Waals surface area contributed by atoms with Crippen LogP contribution >= 0.6 is 0 Å². The molecular formula is C19H25N3O2. The molecule has 5 heteroatoms. The van der Waals surface area contributed by atoms with E-state index < -0.39 is 0 Å². The first-order valence-corrected chi connectivity index (χ1v) is 8.29. The van der Waals surface area contributed by atoms with Gasteiger partial charge in [-0.05, 0) is 64.8 Å². The van der Waals surface area contributed by atoms with Crippen LogP contribution in [0.15, 0.2) is 18.2 Å². The van der Waals surface area contributed by atoms with Gasteiger partial charge in [0.1, 0.15) is 5.75 Å². The van der Waals surface area contributed by atoms with Crippen molar-refractivity contribution in [3.8, 4) is 5.75 Å². The highest BCUT2D eigenvalue weighted by Gasteiger charge is 2.31. The maximum atomic E-state index is 13.2. The molecule has 1 aliphatic heterocycles. The zero-order chi connectivity index (χ0) is 17.6. The largest absolute Gasteiger partial charge is 0.497 e. The Hall–Kier alpha value is -2.30. The number of anilines is 1. The number of carbonyl (C=O) groups excluding carboxylic acids is 1. The van der Waals surface area contributed by atoms with Crippen LogP contribution in [0.4, 0.5) is 5.69 Å². The summed E-state index contributed by atoms with van der Waals surface area (Å²) >= 11 is 0. The quantitative estimate of drug-likeness (QED) is 0.848. The highest BCUT2D eigenvalue weighted by Crippen LogP contribution is 2.33. The van der Waals surface area contributed by atoms with Crippen molar-refractivity contribution in [2.75, 3.05) is 18.6 Å². The molecule has 3 rings (SSSR count). The van der Waals surface area contributed by atoms with Gasteiger partial charge in [-0.2, -0.15) is 5.10 Å². The van der Waals surface area contributed by atoms with Crippen molar-refractivity contribution in [3.63, 3.8) is 0 Å². The second-order valence-electron chi connectivity index (χ2n) is 7.33. The third kappa shape index (κ3) is 2.58. The summed E-state index contributed by atoms with van der Waals surface area (Å²) in [5.41, 5.74) is 4.41. The van der Waals surface area contributed by atoms with E-state index in [0.29, 0.717) is 12.1 Å². The van der Waals surface area contributed by atoms with Gasteiger partial charge in [0, 0.05) is 17.9 Å². The number of rotatable bonds is 2. The molecule has 0 saturated heterocycles. The number of carbonyl (C=O) groups is 1. The topological polar surface area (TPSA) is 47.4 Å². The molecule has 0 fully saturated rings. The Morgan fingerprint density at radius 2 is 1.96 bits per heavy atom. The fourth-order valence-electron chi connectivity index (χ4n) is 3.46. The highest BCUT2D eigenvalue weighted by molar-refractivity contribution is 6.08. The number of nitrogens with zero attached hydrogens (tertiary/aromatic N) is 3. The number of benzene rings is 1.